The third-order valence-electron chi connectivity index (χ3n) is 1.49. The standard InChI is InChI=1S/C6H6FN5O/c1-13-6-9-2-3(7)4-10-5(8)11-12(4)6/h2H,1H3,(H2,8,11). The smallest absolute Gasteiger partial charge is 0.319 e. The molecule has 7 heteroatoms. The third-order valence-corrected chi connectivity index (χ3v) is 1.49. The molecule has 2 aromatic heterocycles. The maximum absolute atomic E-state index is 13.0. The Hall–Kier alpha value is -1.92. The molecule has 13 heavy (non-hydrogen) atoms. The van der Waals surface area contributed by atoms with Crippen LogP contribution in [0.1, 0.15) is 0 Å². The Balaban J connectivity index is 2.83. The van der Waals surface area contributed by atoms with Crippen molar-refractivity contribution in [3.8, 4) is 6.01 Å². The van der Waals surface area contributed by atoms with E-state index in [4.69, 9.17) is 10.5 Å². The Kier molecular flexibility index (Phi) is 1.51. The van der Waals surface area contributed by atoms with Crippen LogP contribution in [0.25, 0.3) is 5.65 Å². The summed E-state index contributed by atoms with van der Waals surface area (Å²) in [5, 5.41) is 3.70. The molecule has 0 bridgehead atoms. The van der Waals surface area contributed by atoms with E-state index >= 15 is 0 Å². The van der Waals surface area contributed by atoms with Crippen molar-refractivity contribution in [3.63, 3.8) is 0 Å². The van der Waals surface area contributed by atoms with Crippen LogP contribution in [-0.4, -0.2) is 26.7 Å². The van der Waals surface area contributed by atoms with E-state index < -0.39 is 5.82 Å². The Morgan fingerprint density at radius 1 is 1.62 bits per heavy atom. The minimum Gasteiger partial charge on any atom is -0.467 e. The number of hydrogen-bond acceptors (Lipinski definition) is 5. The topological polar surface area (TPSA) is 78.3 Å². The van der Waals surface area contributed by atoms with E-state index in [1.54, 1.807) is 0 Å². The first-order valence-electron chi connectivity index (χ1n) is 3.43. The van der Waals surface area contributed by atoms with Gasteiger partial charge in [-0.3, -0.25) is 0 Å². The fraction of sp³-hybridized carbons (Fsp3) is 0.167. The van der Waals surface area contributed by atoms with E-state index in [1.807, 2.05) is 0 Å². The number of methoxy groups -OCH3 is 1. The van der Waals surface area contributed by atoms with Gasteiger partial charge in [0.25, 0.3) is 0 Å². The maximum Gasteiger partial charge on any atom is 0.319 e. The molecule has 0 saturated heterocycles. The Bertz CT molecular complexity index is 453. The third kappa shape index (κ3) is 1.05. The molecule has 0 amide bonds. The van der Waals surface area contributed by atoms with Crippen molar-refractivity contribution in [2.24, 2.45) is 0 Å². The summed E-state index contributed by atoms with van der Waals surface area (Å²) in [6.45, 7) is 0. The van der Waals surface area contributed by atoms with Gasteiger partial charge in [0.2, 0.25) is 5.95 Å². The summed E-state index contributed by atoms with van der Waals surface area (Å²) in [6.07, 6.45) is 1.00. The number of anilines is 1. The molecule has 6 nitrogen and oxygen atoms in total. The van der Waals surface area contributed by atoms with Gasteiger partial charge in [-0.25, -0.2) is 9.37 Å². The zero-order chi connectivity index (χ0) is 9.42. The molecular weight excluding hydrogens is 177 g/mol. The lowest BCUT2D eigenvalue weighted by Gasteiger charge is -1.99. The van der Waals surface area contributed by atoms with E-state index in [-0.39, 0.29) is 17.6 Å². The van der Waals surface area contributed by atoms with E-state index in [2.05, 4.69) is 15.1 Å². The first-order chi connectivity index (χ1) is 6.22. The Labute approximate surface area is 72.2 Å². The Morgan fingerprint density at radius 2 is 2.38 bits per heavy atom. The molecule has 0 saturated carbocycles. The van der Waals surface area contributed by atoms with Crippen LogP contribution in [0.4, 0.5) is 10.3 Å². The highest BCUT2D eigenvalue weighted by Crippen LogP contribution is 2.12. The normalized spacial score (nSPS) is 10.6. The molecule has 0 atom stereocenters. The zero-order valence-corrected chi connectivity index (χ0v) is 6.73. The quantitative estimate of drug-likeness (QED) is 0.665. The van der Waals surface area contributed by atoms with Crippen LogP contribution in [-0.2, 0) is 0 Å². The fourth-order valence-corrected chi connectivity index (χ4v) is 0.979. The monoisotopic (exact) mass is 183 g/mol. The molecule has 0 unspecified atom stereocenters. The number of rotatable bonds is 1. The first-order valence-corrected chi connectivity index (χ1v) is 3.43. The molecule has 0 aliphatic carbocycles. The highest BCUT2D eigenvalue weighted by molar-refractivity contribution is 5.43. The number of aromatic nitrogens is 4. The summed E-state index contributed by atoms with van der Waals surface area (Å²) in [5.41, 5.74) is 5.29. The number of nitrogen functional groups attached to an aromatic ring is 1. The zero-order valence-electron chi connectivity index (χ0n) is 6.73. The van der Waals surface area contributed by atoms with Crippen molar-refractivity contribution < 1.29 is 9.13 Å². The highest BCUT2D eigenvalue weighted by Gasteiger charge is 2.11. The first kappa shape index (κ1) is 7.71. The molecule has 0 fully saturated rings. The van der Waals surface area contributed by atoms with E-state index in [1.165, 1.54) is 7.11 Å². The molecule has 2 rings (SSSR count). The van der Waals surface area contributed by atoms with E-state index in [0.717, 1.165) is 10.7 Å². The van der Waals surface area contributed by atoms with Gasteiger partial charge >= 0.3 is 6.01 Å². The predicted molar refractivity (Wildman–Crippen MR) is 41.7 cm³/mol. The summed E-state index contributed by atoms with van der Waals surface area (Å²) in [5.74, 6) is -0.616. The average Bonchev–Trinajstić information content (AvgIpc) is 2.48. The summed E-state index contributed by atoms with van der Waals surface area (Å²) in [6, 6.07) is 0.139. The van der Waals surface area contributed by atoms with E-state index in [9.17, 15) is 4.39 Å². The lowest BCUT2D eigenvalue weighted by Crippen LogP contribution is -2.00. The SMILES string of the molecule is COc1ncc(F)c2nc(N)nn12. The molecular formula is C6H6FN5O. The van der Waals surface area contributed by atoms with Gasteiger partial charge < -0.3 is 10.5 Å². The number of hydrogen-bond donors (Lipinski definition) is 1. The van der Waals surface area contributed by atoms with Crippen LogP contribution in [0.5, 0.6) is 6.01 Å². The second kappa shape index (κ2) is 2.54. The summed E-state index contributed by atoms with van der Waals surface area (Å²) in [4.78, 5) is 7.30. The van der Waals surface area contributed by atoms with E-state index in [0.29, 0.717) is 0 Å². The van der Waals surface area contributed by atoms with Gasteiger partial charge in [-0.2, -0.15) is 9.50 Å². The molecule has 0 aromatic carbocycles. The fourth-order valence-electron chi connectivity index (χ4n) is 0.979. The number of nitrogens with zero attached hydrogens (tertiary/aromatic N) is 4. The molecule has 0 spiro atoms. The van der Waals surface area contributed by atoms with Gasteiger partial charge in [0, 0.05) is 0 Å². The van der Waals surface area contributed by atoms with Crippen LogP contribution < -0.4 is 10.5 Å². The minimum atomic E-state index is -0.593. The molecule has 2 aromatic rings. The molecule has 2 N–H and O–H groups in total. The second-order valence-corrected chi connectivity index (χ2v) is 2.30. The number of nitrogens with two attached hydrogens (primary N) is 1. The van der Waals surface area contributed by atoms with Gasteiger partial charge in [-0.05, 0) is 0 Å². The van der Waals surface area contributed by atoms with Gasteiger partial charge in [0.15, 0.2) is 11.5 Å². The van der Waals surface area contributed by atoms with Gasteiger partial charge in [-0.1, -0.05) is 0 Å². The molecule has 68 valence electrons. The van der Waals surface area contributed by atoms with Crippen LogP contribution >= 0.6 is 0 Å². The van der Waals surface area contributed by atoms with Crippen molar-refractivity contribution in [2.45, 2.75) is 0 Å². The van der Waals surface area contributed by atoms with Crippen molar-refractivity contribution in [1.29, 1.82) is 0 Å². The average molecular weight is 183 g/mol. The van der Waals surface area contributed by atoms with Crippen molar-refractivity contribution in [3.05, 3.63) is 12.0 Å². The number of fused-ring (bicyclic) bond motifs is 1. The summed E-state index contributed by atoms with van der Waals surface area (Å²) < 4.78 is 18.9. The minimum absolute atomic E-state index is 0.00403. The number of ether oxygens (including phenoxy) is 1. The van der Waals surface area contributed by atoms with Crippen molar-refractivity contribution >= 4 is 11.6 Å². The van der Waals surface area contributed by atoms with Crippen LogP contribution in [0.3, 0.4) is 0 Å². The Morgan fingerprint density at radius 3 is 3.08 bits per heavy atom. The second-order valence-electron chi connectivity index (χ2n) is 2.30. The molecule has 0 radical (unpaired) electrons. The van der Waals surface area contributed by atoms with Crippen LogP contribution in [0.2, 0.25) is 0 Å². The number of halogens is 1. The molecule has 2 heterocycles. The van der Waals surface area contributed by atoms with Crippen molar-refractivity contribution in [1.82, 2.24) is 19.6 Å². The molecule has 0 aliphatic heterocycles. The maximum atomic E-state index is 13.0. The van der Waals surface area contributed by atoms with Gasteiger partial charge in [-0.15, -0.1) is 5.10 Å². The van der Waals surface area contributed by atoms with Crippen molar-refractivity contribution in [2.75, 3.05) is 12.8 Å². The van der Waals surface area contributed by atoms with Gasteiger partial charge in [0.1, 0.15) is 0 Å². The predicted octanol–water partition coefficient (Wildman–Crippen LogP) is -0.146. The lowest BCUT2D eigenvalue weighted by molar-refractivity contribution is 0.364. The van der Waals surface area contributed by atoms with Gasteiger partial charge in [0.05, 0.1) is 13.3 Å². The highest BCUT2D eigenvalue weighted by atomic mass is 19.1. The molecule has 0 aliphatic rings. The van der Waals surface area contributed by atoms with Crippen LogP contribution in [0.15, 0.2) is 6.20 Å². The largest absolute Gasteiger partial charge is 0.467 e. The lowest BCUT2D eigenvalue weighted by atomic mass is 10.6. The summed E-state index contributed by atoms with van der Waals surface area (Å²) in [7, 11) is 1.40. The summed E-state index contributed by atoms with van der Waals surface area (Å²) >= 11 is 0. The van der Waals surface area contributed by atoms with Crippen LogP contribution in [0, 0.1) is 5.82 Å².